The Morgan fingerprint density at radius 2 is 1.63 bits per heavy atom. The minimum absolute atomic E-state index is 0.200. The van der Waals surface area contributed by atoms with Gasteiger partial charge in [-0.25, -0.2) is 0 Å². The molecule has 0 N–H and O–H groups in total. The first-order valence-electron chi connectivity index (χ1n) is 7.76. The standard InChI is InChI=1S/C16H32O2Si/c1-15(2,3)19(5,6)18-16(4,12-13-17)14-10-8-7-9-11-14/h13-14H,7-12H2,1-6H3/t16-/m0/s1. The van der Waals surface area contributed by atoms with Crippen LogP contribution in [0.4, 0.5) is 0 Å². The largest absolute Gasteiger partial charge is 0.411 e. The van der Waals surface area contributed by atoms with Crippen molar-refractivity contribution in [3.8, 4) is 0 Å². The quantitative estimate of drug-likeness (QED) is 0.528. The van der Waals surface area contributed by atoms with Crippen LogP contribution in [-0.2, 0) is 9.22 Å². The van der Waals surface area contributed by atoms with Crippen LogP contribution in [0, 0.1) is 5.92 Å². The molecule has 19 heavy (non-hydrogen) atoms. The lowest BCUT2D eigenvalue weighted by molar-refractivity contribution is -0.113. The molecule has 2 nitrogen and oxygen atoms in total. The maximum absolute atomic E-state index is 11.1. The van der Waals surface area contributed by atoms with Crippen molar-refractivity contribution in [2.24, 2.45) is 5.92 Å². The Bertz CT molecular complexity index is 300. The van der Waals surface area contributed by atoms with Crippen molar-refractivity contribution in [2.75, 3.05) is 0 Å². The molecule has 1 atom stereocenters. The van der Waals surface area contributed by atoms with E-state index in [0.29, 0.717) is 12.3 Å². The Kier molecular flexibility index (Phi) is 5.41. The lowest BCUT2D eigenvalue weighted by atomic mass is 9.76. The van der Waals surface area contributed by atoms with E-state index in [2.05, 4.69) is 40.8 Å². The molecule has 112 valence electrons. The average molecular weight is 285 g/mol. The monoisotopic (exact) mass is 284 g/mol. The van der Waals surface area contributed by atoms with E-state index in [-0.39, 0.29) is 10.6 Å². The highest BCUT2D eigenvalue weighted by Gasteiger charge is 2.45. The van der Waals surface area contributed by atoms with E-state index in [1.807, 2.05) is 0 Å². The molecule has 1 fully saturated rings. The summed E-state index contributed by atoms with van der Waals surface area (Å²) in [4.78, 5) is 11.1. The minimum Gasteiger partial charge on any atom is -0.411 e. The molecular weight excluding hydrogens is 252 g/mol. The Labute approximate surface area is 120 Å². The molecule has 0 radical (unpaired) electrons. The van der Waals surface area contributed by atoms with Crippen LogP contribution in [-0.4, -0.2) is 20.2 Å². The van der Waals surface area contributed by atoms with Gasteiger partial charge in [-0.2, -0.15) is 0 Å². The van der Waals surface area contributed by atoms with Crippen LogP contribution < -0.4 is 0 Å². The van der Waals surface area contributed by atoms with Crippen LogP contribution in [0.1, 0.15) is 66.2 Å². The lowest BCUT2D eigenvalue weighted by Gasteiger charge is -2.48. The molecule has 1 rings (SSSR count). The van der Waals surface area contributed by atoms with Crippen LogP contribution in [0.2, 0.25) is 18.1 Å². The number of carbonyl (C=O) groups is 1. The Morgan fingerprint density at radius 3 is 2.05 bits per heavy atom. The third-order valence-electron chi connectivity index (χ3n) is 5.25. The maximum atomic E-state index is 11.1. The van der Waals surface area contributed by atoms with Gasteiger partial charge >= 0.3 is 0 Å². The second-order valence-electron chi connectivity index (χ2n) is 7.88. The first kappa shape index (κ1) is 16.9. The van der Waals surface area contributed by atoms with Crippen LogP contribution in [0.15, 0.2) is 0 Å². The van der Waals surface area contributed by atoms with E-state index < -0.39 is 8.32 Å². The van der Waals surface area contributed by atoms with Gasteiger partial charge in [0, 0.05) is 6.42 Å². The second kappa shape index (κ2) is 6.09. The van der Waals surface area contributed by atoms with E-state index in [1.54, 1.807) is 0 Å². The fourth-order valence-electron chi connectivity index (χ4n) is 2.91. The lowest BCUT2D eigenvalue weighted by Crippen LogP contribution is -2.52. The van der Waals surface area contributed by atoms with E-state index in [0.717, 1.165) is 6.29 Å². The van der Waals surface area contributed by atoms with E-state index in [4.69, 9.17) is 4.43 Å². The minimum atomic E-state index is -1.82. The smallest absolute Gasteiger partial charge is 0.192 e. The summed E-state index contributed by atoms with van der Waals surface area (Å²) in [6.07, 6.45) is 7.97. The number of aldehydes is 1. The first-order chi connectivity index (χ1) is 8.62. The summed E-state index contributed by atoms with van der Waals surface area (Å²) in [5, 5.41) is 0.200. The summed E-state index contributed by atoms with van der Waals surface area (Å²) in [7, 11) is -1.82. The third-order valence-corrected chi connectivity index (χ3v) is 9.84. The number of hydrogen-bond donors (Lipinski definition) is 0. The van der Waals surface area contributed by atoms with Gasteiger partial charge < -0.3 is 9.22 Å². The molecule has 0 aromatic rings. The second-order valence-corrected chi connectivity index (χ2v) is 12.6. The molecule has 0 aliphatic heterocycles. The van der Waals surface area contributed by atoms with Gasteiger partial charge in [0.2, 0.25) is 0 Å². The summed E-state index contributed by atoms with van der Waals surface area (Å²) in [5.41, 5.74) is -0.245. The van der Waals surface area contributed by atoms with Gasteiger partial charge in [-0.3, -0.25) is 0 Å². The topological polar surface area (TPSA) is 26.3 Å². The maximum Gasteiger partial charge on any atom is 0.192 e. The van der Waals surface area contributed by atoms with E-state index in [9.17, 15) is 4.79 Å². The fourth-order valence-corrected chi connectivity index (χ4v) is 4.63. The number of rotatable bonds is 5. The first-order valence-corrected chi connectivity index (χ1v) is 10.7. The zero-order chi connectivity index (χ0) is 14.7. The van der Waals surface area contributed by atoms with Crippen molar-refractivity contribution < 1.29 is 9.22 Å². The molecule has 0 saturated heterocycles. The Hall–Kier alpha value is -0.153. The molecule has 1 aliphatic rings. The van der Waals surface area contributed by atoms with Crippen molar-refractivity contribution in [1.82, 2.24) is 0 Å². The summed E-state index contributed by atoms with van der Waals surface area (Å²) < 4.78 is 6.68. The highest BCUT2D eigenvalue weighted by Crippen LogP contribution is 2.44. The molecule has 0 amide bonds. The van der Waals surface area contributed by atoms with Gasteiger partial charge in [-0.05, 0) is 43.8 Å². The third kappa shape index (κ3) is 4.15. The van der Waals surface area contributed by atoms with Gasteiger partial charge in [-0.1, -0.05) is 40.0 Å². The van der Waals surface area contributed by atoms with Gasteiger partial charge in [0.1, 0.15) is 6.29 Å². The van der Waals surface area contributed by atoms with Gasteiger partial charge in [-0.15, -0.1) is 0 Å². The van der Waals surface area contributed by atoms with Crippen molar-refractivity contribution >= 4 is 14.6 Å². The molecule has 3 heteroatoms. The molecule has 1 aliphatic carbocycles. The van der Waals surface area contributed by atoms with Crippen molar-refractivity contribution in [2.45, 2.75) is 90.0 Å². The predicted molar refractivity (Wildman–Crippen MR) is 83.9 cm³/mol. The number of hydrogen-bond acceptors (Lipinski definition) is 2. The van der Waals surface area contributed by atoms with Crippen molar-refractivity contribution in [3.63, 3.8) is 0 Å². The summed E-state index contributed by atoms with van der Waals surface area (Å²) >= 11 is 0. The van der Waals surface area contributed by atoms with Crippen LogP contribution in [0.5, 0.6) is 0 Å². The number of carbonyl (C=O) groups excluding carboxylic acids is 1. The van der Waals surface area contributed by atoms with Crippen molar-refractivity contribution in [1.29, 1.82) is 0 Å². The molecule has 0 spiro atoms. The van der Waals surface area contributed by atoms with Gasteiger partial charge in [0.15, 0.2) is 8.32 Å². The highest BCUT2D eigenvalue weighted by atomic mass is 28.4. The molecule has 0 unspecified atom stereocenters. The molecule has 0 aromatic carbocycles. The molecular formula is C16H32O2Si. The van der Waals surface area contributed by atoms with Crippen LogP contribution in [0.25, 0.3) is 0 Å². The Morgan fingerprint density at radius 1 is 1.11 bits per heavy atom. The molecule has 0 aromatic heterocycles. The van der Waals surface area contributed by atoms with Gasteiger partial charge in [0.25, 0.3) is 0 Å². The molecule has 1 saturated carbocycles. The average Bonchev–Trinajstić information content (AvgIpc) is 2.28. The summed E-state index contributed by atoms with van der Waals surface area (Å²) in [6.45, 7) is 13.6. The van der Waals surface area contributed by atoms with Crippen LogP contribution in [0.3, 0.4) is 0 Å². The zero-order valence-corrected chi connectivity index (χ0v) is 14.7. The predicted octanol–water partition coefficient (Wildman–Crippen LogP) is 4.94. The zero-order valence-electron chi connectivity index (χ0n) is 13.7. The normalized spacial score (nSPS) is 22.0. The van der Waals surface area contributed by atoms with Gasteiger partial charge in [0.05, 0.1) is 5.60 Å². The fraction of sp³-hybridized carbons (Fsp3) is 0.938. The summed E-state index contributed by atoms with van der Waals surface area (Å²) in [5.74, 6) is 0.556. The highest BCUT2D eigenvalue weighted by molar-refractivity contribution is 6.74. The summed E-state index contributed by atoms with van der Waals surface area (Å²) in [6, 6.07) is 0. The van der Waals surface area contributed by atoms with Crippen molar-refractivity contribution in [3.05, 3.63) is 0 Å². The van der Waals surface area contributed by atoms with E-state index >= 15 is 0 Å². The molecule has 0 heterocycles. The van der Waals surface area contributed by atoms with Crippen LogP contribution >= 0.6 is 0 Å². The molecule has 0 bridgehead atoms. The Balaban J connectivity index is 2.89. The van der Waals surface area contributed by atoms with E-state index in [1.165, 1.54) is 32.1 Å². The SMILES string of the molecule is CC(C)(C)[Si](C)(C)O[C@@](C)(CC=O)C1CCCCC1.